The van der Waals surface area contributed by atoms with Crippen LogP contribution in [0.3, 0.4) is 0 Å². The van der Waals surface area contributed by atoms with Crippen molar-refractivity contribution in [2.75, 3.05) is 19.4 Å². The molecule has 6 nitrogen and oxygen atoms in total. The molecule has 0 fully saturated rings. The Bertz CT molecular complexity index is 940. The molecular formula is C23H25N3O3S. The van der Waals surface area contributed by atoms with Gasteiger partial charge in [-0.05, 0) is 35.8 Å². The van der Waals surface area contributed by atoms with Gasteiger partial charge in [-0.3, -0.25) is 14.5 Å². The monoisotopic (exact) mass is 423 g/mol. The second kappa shape index (κ2) is 10.6. The van der Waals surface area contributed by atoms with Crippen LogP contribution in [-0.4, -0.2) is 41.3 Å². The molecule has 0 saturated heterocycles. The summed E-state index contributed by atoms with van der Waals surface area (Å²) in [4.78, 5) is 31.3. The molecule has 156 valence electrons. The molecule has 2 aromatic carbocycles. The summed E-state index contributed by atoms with van der Waals surface area (Å²) in [5.74, 6) is 0.724. The van der Waals surface area contributed by atoms with Crippen LogP contribution in [0.4, 0.5) is 0 Å². The molecule has 3 rings (SSSR count). The van der Waals surface area contributed by atoms with Gasteiger partial charge in [-0.1, -0.05) is 61.2 Å². The Hall–Kier alpha value is -3.06. The van der Waals surface area contributed by atoms with E-state index in [1.165, 1.54) is 11.8 Å². The van der Waals surface area contributed by atoms with Crippen molar-refractivity contribution >= 4 is 34.8 Å². The highest BCUT2D eigenvalue weighted by atomic mass is 32.2. The van der Waals surface area contributed by atoms with E-state index < -0.39 is 0 Å². The number of rotatable bonds is 8. The molecule has 0 spiro atoms. The molecule has 0 unspecified atom stereocenters. The summed E-state index contributed by atoms with van der Waals surface area (Å²) in [6.07, 6.45) is 2.63. The first-order valence-corrected chi connectivity index (χ1v) is 10.8. The molecule has 0 aromatic heterocycles. The zero-order valence-electron chi connectivity index (χ0n) is 17.1. The quantitative estimate of drug-likeness (QED) is 0.658. The van der Waals surface area contributed by atoms with Crippen molar-refractivity contribution in [2.24, 2.45) is 4.99 Å². The molecular weight excluding hydrogens is 398 g/mol. The van der Waals surface area contributed by atoms with E-state index in [4.69, 9.17) is 4.74 Å². The number of benzene rings is 2. The molecule has 0 aliphatic carbocycles. The normalized spacial score (nSPS) is 14.7. The van der Waals surface area contributed by atoms with E-state index in [1.54, 1.807) is 18.1 Å². The average Bonchev–Trinajstić information content (AvgIpc) is 3.06. The van der Waals surface area contributed by atoms with E-state index in [-0.39, 0.29) is 17.6 Å². The summed E-state index contributed by atoms with van der Waals surface area (Å²) < 4.78 is 5.18. The molecule has 0 bridgehead atoms. The number of carbonyl (C=O) groups is 2. The smallest absolute Gasteiger partial charge is 0.278 e. The minimum absolute atomic E-state index is 0.0655. The van der Waals surface area contributed by atoms with Crippen molar-refractivity contribution in [3.8, 4) is 5.75 Å². The number of ether oxygens (including phenoxy) is 1. The van der Waals surface area contributed by atoms with Crippen LogP contribution in [0.5, 0.6) is 5.75 Å². The van der Waals surface area contributed by atoms with Gasteiger partial charge < -0.3 is 10.1 Å². The van der Waals surface area contributed by atoms with E-state index in [1.807, 2.05) is 61.5 Å². The largest absolute Gasteiger partial charge is 0.497 e. The molecule has 2 amide bonds. The first-order chi connectivity index (χ1) is 14.6. The standard InChI is InChI=1S/C23H25N3O3S/c1-3-13-24-21(27)16-30-23-25-20(14-17-9-11-19(29-2)12-10-17)22(28)26(23)15-18-7-5-4-6-8-18/h4-12,14H,3,13,15-16H2,1-2H3,(H,24,27)/b20-14-. The Morgan fingerprint density at radius 2 is 1.90 bits per heavy atom. The summed E-state index contributed by atoms with van der Waals surface area (Å²) in [7, 11) is 1.61. The van der Waals surface area contributed by atoms with Gasteiger partial charge in [0.1, 0.15) is 11.4 Å². The maximum Gasteiger partial charge on any atom is 0.278 e. The van der Waals surface area contributed by atoms with Crippen molar-refractivity contribution < 1.29 is 14.3 Å². The van der Waals surface area contributed by atoms with E-state index in [0.717, 1.165) is 23.3 Å². The van der Waals surface area contributed by atoms with Gasteiger partial charge >= 0.3 is 0 Å². The Morgan fingerprint density at radius 3 is 2.57 bits per heavy atom. The predicted octanol–water partition coefficient (Wildman–Crippen LogP) is 3.69. The number of amidine groups is 1. The van der Waals surface area contributed by atoms with Crippen LogP contribution in [0.15, 0.2) is 65.3 Å². The average molecular weight is 424 g/mol. The third-order valence-corrected chi connectivity index (χ3v) is 5.39. The van der Waals surface area contributed by atoms with E-state index in [0.29, 0.717) is 24.0 Å². The zero-order chi connectivity index (χ0) is 21.3. The lowest BCUT2D eigenvalue weighted by Crippen LogP contribution is -2.32. The second-order valence-electron chi connectivity index (χ2n) is 6.71. The van der Waals surface area contributed by atoms with Gasteiger partial charge in [0.05, 0.1) is 19.4 Å². The lowest BCUT2D eigenvalue weighted by molar-refractivity contribution is -0.123. The van der Waals surface area contributed by atoms with Crippen molar-refractivity contribution in [3.63, 3.8) is 0 Å². The number of methoxy groups -OCH3 is 1. The molecule has 0 radical (unpaired) electrons. The van der Waals surface area contributed by atoms with Crippen LogP contribution in [0.1, 0.15) is 24.5 Å². The second-order valence-corrected chi connectivity index (χ2v) is 7.66. The van der Waals surface area contributed by atoms with Crippen LogP contribution in [-0.2, 0) is 16.1 Å². The number of thioether (sulfide) groups is 1. The third kappa shape index (κ3) is 5.73. The summed E-state index contributed by atoms with van der Waals surface area (Å²) >= 11 is 1.28. The van der Waals surface area contributed by atoms with Crippen molar-refractivity contribution in [1.29, 1.82) is 0 Å². The van der Waals surface area contributed by atoms with Gasteiger partial charge in [-0.2, -0.15) is 0 Å². The van der Waals surface area contributed by atoms with E-state index in [9.17, 15) is 9.59 Å². The van der Waals surface area contributed by atoms with Gasteiger partial charge in [0.2, 0.25) is 5.91 Å². The van der Waals surface area contributed by atoms with Gasteiger partial charge in [-0.25, -0.2) is 4.99 Å². The predicted molar refractivity (Wildman–Crippen MR) is 121 cm³/mol. The zero-order valence-corrected chi connectivity index (χ0v) is 17.9. The number of hydrogen-bond acceptors (Lipinski definition) is 5. The molecule has 1 N–H and O–H groups in total. The van der Waals surface area contributed by atoms with Crippen LogP contribution in [0.2, 0.25) is 0 Å². The maximum atomic E-state index is 13.1. The van der Waals surface area contributed by atoms with E-state index >= 15 is 0 Å². The highest BCUT2D eigenvalue weighted by Gasteiger charge is 2.31. The number of hydrogen-bond donors (Lipinski definition) is 1. The van der Waals surface area contributed by atoms with Crippen LogP contribution in [0.25, 0.3) is 6.08 Å². The molecule has 0 atom stereocenters. The van der Waals surface area contributed by atoms with Crippen LogP contribution in [0, 0.1) is 0 Å². The SMILES string of the molecule is CCCNC(=O)CSC1=N/C(=C\c2ccc(OC)cc2)C(=O)N1Cc1ccccc1. The fourth-order valence-corrected chi connectivity index (χ4v) is 3.68. The molecule has 7 heteroatoms. The van der Waals surface area contributed by atoms with Crippen molar-refractivity contribution in [2.45, 2.75) is 19.9 Å². The van der Waals surface area contributed by atoms with Gasteiger partial charge in [0.15, 0.2) is 5.17 Å². The first-order valence-electron chi connectivity index (χ1n) is 9.80. The molecule has 1 aliphatic rings. The minimum Gasteiger partial charge on any atom is -0.497 e. The summed E-state index contributed by atoms with van der Waals surface area (Å²) in [5, 5.41) is 3.39. The Morgan fingerprint density at radius 1 is 1.17 bits per heavy atom. The van der Waals surface area contributed by atoms with Crippen LogP contribution >= 0.6 is 11.8 Å². The molecule has 1 heterocycles. The number of nitrogens with one attached hydrogen (secondary N) is 1. The summed E-state index contributed by atoms with van der Waals surface area (Å²) in [6, 6.07) is 17.2. The first kappa shape index (κ1) is 21.6. The Balaban J connectivity index is 1.80. The molecule has 1 aliphatic heterocycles. The Labute approximate surface area is 181 Å². The summed E-state index contributed by atoms with van der Waals surface area (Å²) in [6.45, 7) is 3.05. The fraction of sp³-hybridized carbons (Fsp3) is 0.261. The third-order valence-electron chi connectivity index (χ3n) is 4.42. The highest BCUT2D eigenvalue weighted by molar-refractivity contribution is 8.14. The topological polar surface area (TPSA) is 71.0 Å². The minimum atomic E-state index is -0.175. The van der Waals surface area contributed by atoms with Gasteiger partial charge in [-0.15, -0.1) is 0 Å². The van der Waals surface area contributed by atoms with Gasteiger partial charge in [0.25, 0.3) is 5.91 Å². The van der Waals surface area contributed by atoms with Gasteiger partial charge in [0, 0.05) is 6.54 Å². The fourth-order valence-electron chi connectivity index (χ4n) is 2.85. The van der Waals surface area contributed by atoms with E-state index in [2.05, 4.69) is 10.3 Å². The Kier molecular flexibility index (Phi) is 7.68. The number of carbonyl (C=O) groups excluding carboxylic acids is 2. The molecule has 30 heavy (non-hydrogen) atoms. The molecule has 0 saturated carbocycles. The highest BCUT2D eigenvalue weighted by Crippen LogP contribution is 2.26. The lowest BCUT2D eigenvalue weighted by atomic mass is 10.1. The van der Waals surface area contributed by atoms with Crippen molar-refractivity contribution in [1.82, 2.24) is 10.2 Å². The lowest BCUT2D eigenvalue weighted by Gasteiger charge is -2.17. The maximum absolute atomic E-state index is 13.1. The number of aliphatic imine (C=N–C) groups is 1. The number of amides is 2. The molecule has 2 aromatic rings. The van der Waals surface area contributed by atoms with Crippen LogP contribution < -0.4 is 10.1 Å². The van der Waals surface area contributed by atoms with Crippen molar-refractivity contribution in [3.05, 3.63) is 71.4 Å². The summed E-state index contributed by atoms with van der Waals surface area (Å²) in [5.41, 5.74) is 2.21. The number of nitrogens with zero attached hydrogens (tertiary/aromatic N) is 2.